The Kier molecular flexibility index (Phi) is 3.09. The van der Waals surface area contributed by atoms with E-state index in [1.165, 1.54) is 5.56 Å². The van der Waals surface area contributed by atoms with E-state index in [2.05, 4.69) is 10.3 Å². The van der Waals surface area contributed by atoms with Crippen molar-refractivity contribution < 1.29 is 14.6 Å². The minimum absolute atomic E-state index is 0.324. The van der Waals surface area contributed by atoms with Gasteiger partial charge in [0.1, 0.15) is 5.69 Å². The molecule has 0 amide bonds. The lowest BCUT2D eigenvalue weighted by molar-refractivity contribution is 0.0679. The molecule has 5 nitrogen and oxygen atoms in total. The second kappa shape index (κ2) is 4.74. The number of rotatable bonds is 2. The molecule has 0 bridgehead atoms. The highest BCUT2D eigenvalue weighted by molar-refractivity contribution is 5.88. The molecule has 0 atom stereocenters. The molecule has 0 saturated carbocycles. The zero-order valence-corrected chi connectivity index (χ0v) is 10.3. The molecule has 1 aromatic heterocycles. The molecule has 3 N–H and O–H groups in total. The number of carbonyl (C=O) groups is 1. The number of hydrogen-bond acceptors (Lipinski definition) is 3. The molecule has 5 heteroatoms. The highest BCUT2D eigenvalue weighted by atomic mass is 16.5. The van der Waals surface area contributed by atoms with Crippen LogP contribution in [0.15, 0.2) is 0 Å². The Hall–Kier alpha value is -1.33. The summed E-state index contributed by atoms with van der Waals surface area (Å²) in [6.45, 7) is 3.17. The molecular formula is C13H18N2O3. The van der Waals surface area contributed by atoms with E-state index in [-0.39, 0.29) is 0 Å². The van der Waals surface area contributed by atoms with Gasteiger partial charge in [-0.3, -0.25) is 0 Å². The second-order valence-corrected chi connectivity index (χ2v) is 4.99. The number of carboxylic acid groups (broad SMARTS) is 1. The van der Waals surface area contributed by atoms with Gasteiger partial charge in [-0.25, -0.2) is 4.79 Å². The summed E-state index contributed by atoms with van der Waals surface area (Å²) < 4.78 is 5.37. The fourth-order valence-electron chi connectivity index (χ4n) is 3.05. The standard InChI is InChI=1S/C13H18N2O3/c16-13(17)12-11(8-2-5-18-6-3-8)9-7-14-4-1-10(9)15-12/h8,14-15H,1-7H2,(H,16,17). The second-order valence-electron chi connectivity index (χ2n) is 4.99. The van der Waals surface area contributed by atoms with E-state index in [0.717, 1.165) is 56.8 Å². The first-order valence-electron chi connectivity index (χ1n) is 6.52. The van der Waals surface area contributed by atoms with E-state index in [1.807, 2.05) is 0 Å². The summed E-state index contributed by atoms with van der Waals surface area (Å²) >= 11 is 0. The Morgan fingerprint density at radius 3 is 2.83 bits per heavy atom. The predicted octanol–water partition coefficient (Wildman–Crippen LogP) is 1.25. The zero-order valence-electron chi connectivity index (χ0n) is 10.3. The van der Waals surface area contributed by atoms with Gasteiger partial charge in [-0.05, 0) is 29.9 Å². The third-order valence-electron chi connectivity index (χ3n) is 3.93. The number of nitrogens with one attached hydrogen (secondary N) is 2. The Morgan fingerprint density at radius 1 is 1.33 bits per heavy atom. The molecule has 3 rings (SSSR count). The molecule has 0 unspecified atom stereocenters. The molecule has 98 valence electrons. The van der Waals surface area contributed by atoms with Crippen molar-refractivity contribution in [1.82, 2.24) is 10.3 Å². The smallest absolute Gasteiger partial charge is 0.352 e. The highest BCUT2D eigenvalue weighted by Gasteiger charge is 2.29. The first-order valence-corrected chi connectivity index (χ1v) is 6.52. The summed E-state index contributed by atoms with van der Waals surface area (Å²) in [5.74, 6) is -0.518. The number of hydrogen-bond donors (Lipinski definition) is 3. The van der Waals surface area contributed by atoms with Crippen molar-refractivity contribution in [2.24, 2.45) is 0 Å². The van der Waals surface area contributed by atoms with E-state index in [9.17, 15) is 9.90 Å². The van der Waals surface area contributed by atoms with Crippen LogP contribution in [-0.2, 0) is 17.7 Å². The molecule has 0 aliphatic carbocycles. The van der Waals surface area contributed by atoms with Crippen LogP contribution in [0.4, 0.5) is 0 Å². The van der Waals surface area contributed by atoms with Crippen molar-refractivity contribution in [3.63, 3.8) is 0 Å². The predicted molar refractivity (Wildman–Crippen MR) is 66.0 cm³/mol. The van der Waals surface area contributed by atoms with Crippen molar-refractivity contribution in [3.05, 3.63) is 22.5 Å². The molecule has 0 radical (unpaired) electrons. The van der Waals surface area contributed by atoms with Gasteiger partial charge in [0, 0.05) is 38.4 Å². The maximum atomic E-state index is 11.4. The normalized spacial score (nSPS) is 20.7. The van der Waals surface area contributed by atoms with Crippen molar-refractivity contribution in [3.8, 4) is 0 Å². The molecule has 1 aromatic rings. The van der Waals surface area contributed by atoms with Gasteiger partial charge in [0.25, 0.3) is 0 Å². The third-order valence-corrected chi connectivity index (χ3v) is 3.93. The van der Waals surface area contributed by atoms with Gasteiger partial charge < -0.3 is 20.1 Å². The number of carboxylic acids is 1. The molecule has 0 spiro atoms. The topological polar surface area (TPSA) is 74.3 Å². The van der Waals surface area contributed by atoms with Crippen molar-refractivity contribution in [2.75, 3.05) is 19.8 Å². The molecule has 18 heavy (non-hydrogen) atoms. The van der Waals surface area contributed by atoms with Gasteiger partial charge in [-0.1, -0.05) is 0 Å². The maximum absolute atomic E-state index is 11.4. The monoisotopic (exact) mass is 250 g/mol. The van der Waals surface area contributed by atoms with Crippen LogP contribution in [0.1, 0.15) is 46.1 Å². The molecular weight excluding hydrogens is 232 g/mol. The van der Waals surface area contributed by atoms with Gasteiger partial charge in [-0.15, -0.1) is 0 Å². The van der Waals surface area contributed by atoms with Crippen LogP contribution >= 0.6 is 0 Å². The number of fused-ring (bicyclic) bond motifs is 1. The van der Waals surface area contributed by atoms with E-state index in [0.29, 0.717) is 11.6 Å². The van der Waals surface area contributed by atoms with Crippen LogP contribution in [0, 0.1) is 0 Å². The number of aromatic amines is 1. The van der Waals surface area contributed by atoms with Gasteiger partial charge in [0.05, 0.1) is 0 Å². The quantitative estimate of drug-likeness (QED) is 0.738. The van der Waals surface area contributed by atoms with Crippen LogP contribution in [0.5, 0.6) is 0 Å². The summed E-state index contributed by atoms with van der Waals surface area (Å²) in [6, 6.07) is 0. The van der Waals surface area contributed by atoms with Gasteiger partial charge in [0.2, 0.25) is 0 Å². The first kappa shape index (κ1) is 11.7. The summed E-state index contributed by atoms with van der Waals surface area (Å²) in [7, 11) is 0. The van der Waals surface area contributed by atoms with Crippen LogP contribution < -0.4 is 5.32 Å². The minimum atomic E-state index is -0.842. The van der Waals surface area contributed by atoms with E-state index in [1.54, 1.807) is 0 Å². The first-order chi connectivity index (χ1) is 8.77. The lowest BCUT2D eigenvalue weighted by atomic mass is 9.87. The fraction of sp³-hybridized carbons (Fsp3) is 0.615. The third kappa shape index (κ3) is 1.93. The molecule has 2 aliphatic rings. The largest absolute Gasteiger partial charge is 0.477 e. The van der Waals surface area contributed by atoms with Crippen LogP contribution in [0.2, 0.25) is 0 Å². The van der Waals surface area contributed by atoms with Crippen molar-refractivity contribution in [2.45, 2.75) is 31.7 Å². The summed E-state index contributed by atoms with van der Waals surface area (Å²) in [5.41, 5.74) is 3.71. The minimum Gasteiger partial charge on any atom is -0.477 e. The van der Waals surface area contributed by atoms with Gasteiger partial charge in [-0.2, -0.15) is 0 Å². The molecule has 0 aromatic carbocycles. The lowest BCUT2D eigenvalue weighted by Gasteiger charge is -2.24. The van der Waals surface area contributed by atoms with E-state index in [4.69, 9.17) is 4.74 Å². The Labute approximate surface area is 106 Å². The maximum Gasteiger partial charge on any atom is 0.352 e. The summed E-state index contributed by atoms with van der Waals surface area (Å²) in [6.07, 6.45) is 2.73. The Bertz CT molecular complexity index is 461. The van der Waals surface area contributed by atoms with Gasteiger partial charge in [0.15, 0.2) is 0 Å². The lowest BCUT2D eigenvalue weighted by Crippen LogP contribution is -2.25. The average Bonchev–Trinajstić information content (AvgIpc) is 2.79. The molecule has 2 aliphatic heterocycles. The molecule has 3 heterocycles. The number of ether oxygens (including phenoxy) is 1. The van der Waals surface area contributed by atoms with Crippen molar-refractivity contribution in [1.29, 1.82) is 0 Å². The molecule has 1 fully saturated rings. The summed E-state index contributed by atoms with van der Waals surface area (Å²) in [4.78, 5) is 14.5. The Balaban J connectivity index is 2.03. The number of H-pyrrole nitrogens is 1. The van der Waals surface area contributed by atoms with Crippen LogP contribution in [0.3, 0.4) is 0 Å². The Morgan fingerprint density at radius 2 is 2.11 bits per heavy atom. The highest BCUT2D eigenvalue weighted by Crippen LogP contribution is 2.35. The SMILES string of the molecule is O=C(O)c1[nH]c2c(c1C1CCOCC1)CNCC2. The van der Waals surface area contributed by atoms with Gasteiger partial charge >= 0.3 is 5.97 Å². The zero-order chi connectivity index (χ0) is 12.5. The van der Waals surface area contributed by atoms with Crippen molar-refractivity contribution >= 4 is 5.97 Å². The number of aromatic carboxylic acids is 1. The fourth-order valence-corrected chi connectivity index (χ4v) is 3.05. The number of aromatic nitrogens is 1. The van der Waals surface area contributed by atoms with E-state index < -0.39 is 5.97 Å². The molecule has 1 saturated heterocycles. The summed E-state index contributed by atoms with van der Waals surface area (Å²) in [5, 5.41) is 12.7. The average molecular weight is 250 g/mol. The van der Waals surface area contributed by atoms with Crippen LogP contribution in [0.25, 0.3) is 0 Å². The van der Waals surface area contributed by atoms with Crippen LogP contribution in [-0.4, -0.2) is 35.8 Å². The van der Waals surface area contributed by atoms with E-state index >= 15 is 0 Å².